The number of pyridine rings is 1. The monoisotopic (exact) mass is 488 g/mol. The van der Waals surface area contributed by atoms with E-state index in [0.29, 0.717) is 48.9 Å². The van der Waals surface area contributed by atoms with Gasteiger partial charge < -0.3 is 10.2 Å². The van der Waals surface area contributed by atoms with E-state index in [2.05, 4.69) is 22.5 Å². The number of nitrogens with one attached hydrogen (secondary N) is 1. The third kappa shape index (κ3) is 3.70. The Morgan fingerprint density at radius 3 is 2.50 bits per heavy atom. The van der Waals surface area contributed by atoms with Crippen molar-refractivity contribution in [2.75, 3.05) is 13.1 Å². The summed E-state index contributed by atoms with van der Waals surface area (Å²) in [5.41, 5.74) is 0.0746. The summed E-state index contributed by atoms with van der Waals surface area (Å²) in [7, 11) is 0. The SMILES string of the molecule is O=C([C@H]1C[C@@H]2C=C[C@H]1C2)N1CCC([C@]2(c3cccnc3)NC(=O)N(Cc3ccc(F)cc3)C2=O)CC1. The Bertz CT molecular complexity index is 1210. The molecule has 0 radical (unpaired) electrons. The van der Waals surface area contributed by atoms with Gasteiger partial charge in [0.05, 0.1) is 6.54 Å². The van der Waals surface area contributed by atoms with Gasteiger partial charge in [-0.15, -0.1) is 0 Å². The largest absolute Gasteiger partial charge is 0.342 e. The number of rotatable bonds is 5. The fourth-order valence-electron chi connectivity index (χ4n) is 6.65. The number of aromatic nitrogens is 1. The molecule has 2 aliphatic heterocycles. The number of allylic oxidation sites excluding steroid dienone is 2. The van der Waals surface area contributed by atoms with E-state index in [4.69, 9.17) is 0 Å². The first-order valence-electron chi connectivity index (χ1n) is 12.7. The van der Waals surface area contributed by atoms with Crippen LogP contribution in [0.2, 0.25) is 0 Å². The zero-order valence-electron chi connectivity index (χ0n) is 20.0. The van der Waals surface area contributed by atoms with E-state index in [-0.39, 0.29) is 36.0 Å². The molecule has 3 heterocycles. The van der Waals surface area contributed by atoms with Crippen molar-refractivity contribution in [2.24, 2.45) is 23.7 Å². The van der Waals surface area contributed by atoms with E-state index in [1.165, 1.54) is 17.0 Å². The number of nitrogens with zero attached hydrogens (tertiary/aromatic N) is 3. The quantitative estimate of drug-likeness (QED) is 0.515. The number of carbonyl (C=O) groups excluding carboxylic acids is 3. The van der Waals surface area contributed by atoms with E-state index >= 15 is 0 Å². The smallest absolute Gasteiger partial charge is 0.325 e. The van der Waals surface area contributed by atoms with Crippen LogP contribution in [-0.2, 0) is 21.7 Å². The molecule has 1 aromatic heterocycles. The van der Waals surface area contributed by atoms with Gasteiger partial charge in [-0.25, -0.2) is 9.18 Å². The molecule has 3 fully saturated rings. The van der Waals surface area contributed by atoms with E-state index < -0.39 is 11.6 Å². The van der Waals surface area contributed by atoms with Gasteiger partial charge in [0.2, 0.25) is 5.91 Å². The first-order valence-corrected chi connectivity index (χ1v) is 12.7. The van der Waals surface area contributed by atoms with E-state index in [0.717, 1.165) is 12.8 Å². The maximum atomic E-state index is 14.0. The third-order valence-electron chi connectivity index (χ3n) is 8.52. The lowest BCUT2D eigenvalue weighted by atomic mass is 9.73. The van der Waals surface area contributed by atoms with Crippen molar-refractivity contribution in [3.8, 4) is 0 Å². The molecule has 2 saturated heterocycles. The second kappa shape index (κ2) is 8.84. The minimum absolute atomic E-state index is 0.0576. The van der Waals surface area contributed by atoms with E-state index in [9.17, 15) is 18.8 Å². The number of halogens is 1. The normalized spacial score (nSPS) is 29.8. The topological polar surface area (TPSA) is 82.6 Å². The summed E-state index contributed by atoms with van der Waals surface area (Å²) < 4.78 is 13.4. The van der Waals surface area contributed by atoms with Gasteiger partial charge in [-0.3, -0.25) is 19.5 Å². The molecular formula is C28H29FN4O3. The first kappa shape index (κ1) is 22.9. The second-order valence-corrected chi connectivity index (χ2v) is 10.5. The summed E-state index contributed by atoms with van der Waals surface area (Å²) >= 11 is 0. The Hall–Kier alpha value is -3.55. The predicted octanol–water partition coefficient (Wildman–Crippen LogP) is 3.62. The van der Waals surface area contributed by atoms with Crippen molar-refractivity contribution < 1.29 is 18.8 Å². The highest BCUT2D eigenvalue weighted by atomic mass is 19.1. The number of likely N-dealkylation sites (tertiary alicyclic amines) is 1. The van der Waals surface area contributed by atoms with Gasteiger partial charge in [0.15, 0.2) is 5.54 Å². The van der Waals surface area contributed by atoms with E-state index in [1.807, 2.05) is 11.0 Å². The molecule has 7 nitrogen and oxygen atoms in total. The van der Waals surface area contributed by atoms with Gasteiger partial charge >= 0.3 is 6.03 Å². The molecule has 0 spiro atoms. The van der Waals surface area contributed by atoms with Gasteiger partial charge in [-0.1, -0.05) is 30.4 Å². The number of imide groups is 1. The number of hydrogen-bond donors (Lipinski definition) is 1. The molecule has 1 aromatic carbocycles. The zero-order chi connectivity index (χ0) is 24.9. The van der Waals surface area contributed by atoms with Crippen LogP contribution in [0.3, 0.4) is 0 Å². The fraction of sp³-hybridized carbons (Fsp3) is 0.429. The molecule has 4 atom stereocenters. The maximum Gasteiger partial charge on any atom is 0.325 e. The highest BCUT2D eigenvalue weighted by Crippen LogP contribution is 2.46. The molecule has 1 saturated carbocycles. The molecule has 186 valence electrons. The van der Waals surface area contributed by atoms with Crippen LogP contribution in [-0.4, -0.2) is 45.7 Å². The van der Waals surface area contributed by atoms with Gasteiger partial charge in [-0.05, 0) is 67.2 Å². The Kier molecular flexibility index (Phi) is 5.62. The molecule has 6 rings (SSSR count). The van der Waals surface area contributed by atoms with Crippen LogP contribution in [0, 0.1) is 29.5 Å². The van der Waals surface area contributed by atoms with Crippen LogP contribution in [0.1, 0.15) is 36.8 Å². The van der Waals surface area contributed by atoms with Crippen molar-refractivity contribution in [1.82, 2.24) is 20.1 Å². The highest BCUT2D eigenvalue weighted by Gasteiger charge is 2.57. The van der Waals surface area contributed by atoms with Crippen molar-refractivity contribution in [1.29, 1.82) is 0 Å². The van der Waals surface area contributed by atoms with Crippen molar-refractivity contribution in [3.63, 3.8) is 0 Å². The molecular weight excluding hydrogens is 459 g/mol. The molecule has 1 N–H and O–H groups in total. The second-order valence-electron chi connectivity index (χ2n) is 10.5. The molecule has 2 aromatic rings. The standard InChI is InChI=1S/C28H29FN4O3/c29-23-7-4-18(5-8-23)17-33-26(35)28(31-27(33)36,22-2-1-11-30-16-22)21-9-12-32(13-10-21)25(34)24-15-19-3-6-20(24)14-19/h1-8,11,16,19-21,24H,9-10,12-15,17H2,(H,31,36)/t19-,20+,24+,28-/m1/s1. The summed E-state index contributed by atoms with van der Waals surface area (Å²) in [6.07, 6.45) is 10.9. The molecule has 2 bridgehead atoms. The molecule has 8 heteroatoms. The number of fused-ring (bicyclic) bond motifs is 2. The minimum Gasteiger partial charge on any atom is -0.342 e. The van der Waals surface area contributed by atoms with Gasteiger partial charge in [0, 0.05) is 37.0 Å². The third-order valence-corrected chi connectivity index (χ3v) is 8.52. The summed E-state index contributed by atoms with van der Waals surface area (Å²) in [4.78, 5) is 47.8. The summed E-state index contributed by atoms with van der Waals surface area (Å²) in [6.45, 7) is 1.18. The summed E-state index contributed by atoms with van der Waals surface area (Å²) in [6, 6.07) is 8.91. The van der Waals surface area contributed by atoms with Crippen LogP contribution < -0.4 is 5.32 Å². The number of benzene rings is 1. The number of amides is 4. The summed E-state index contributed by atoms with van der Waals surface area (Å²) in [5.74, 6) is 0.311. The van der Waals surface area contributed by atoms with Gasteiger partial charge in [0.25, 0.3) is 5.91 Å². The van der Waals surface area contributed by atoms with Crippen LogP contribution in [0.15, 0.2) is 60.9 Å². The Morgan fingerprint density at radius 1 is 1.08 bits per heavy atom. The van der Waals surface area contributed by atoms with Crippen molar-refractivity contribution in [2.45, 2.75) is 37.8 Å². The Morgan fingerprint density at radius 2 is 1.86 bits per heavy atom. The molecule has 4 aliphatic rings. The summed E-state index contributed by atoms with van der Waals surface area (Å²) in [5, 5.41) is 3.02. The lowest BCUT2D eigenvalue weighted by Gasteiger charge is -2.41. The van der Waals surface area contributed by atoms with Crippen molar-refractivity contribution >= 4 is 17.8 Å². The maximum absolute atomic E-state index is 14.0. The van der Waals surface area contributed by atoms with Crippen LogP contribution in [0.5, 0.6) is 0 Å². The number of carbonyl (C=O) groups is 3. The first-order chi connectivity index (χ1) is 17.5. The van der Waals surface area contributed by atoms with E-state index in [1.54, 1.807) is 30.6 Å². The highest BCUT2D eigenvalue weighted by molar-refractivity contribution is 6.07. The van der Waals surface area contributed by atoms with Gasteiger partial charge in [0.1, 0.15) is 5.82 Å². The molecule has 0 unspecified atom stereocenters. The Balaban J connectivity index is 1.23. The predicted molar refractivity (Wildman–Crippen MR) is 130 cm³/mol. The van der Waals surface area contributed by atoms with Crippen LogP contribution >= 0.6 is 0 Å². The lowest BCUT2D eigenvalue weighted by Crippen LogP contribution is -2.54. The number of hydrogen-bond acceptors (Lipinski definition) is 4. The average Bonchev–Trinajstić information content (AvgIpc) is 3.61. The molecule has 2 aliphatic carbocycles. The lowest BCUT2D eigenvalue weighted by molar-refractivity contribution is -0.139. The van der Waals surface area contributed by atoms with Gasteiger partial charge in [-0.2, -0.15) is 0 Å². The number of urea groups is 1. The average molecular weight is 489 g/mol. The van der Waals surface area contributed by atoms with Crippen molar-refractivity contribution in [3.05, 3.63) is 77.9 Å². The van der Waals surface area contributed by atoms with Crippen LogP contribution in [0.25, 0.3) is 0 Å². The number of piperidine rings is 1. The zero-order valence-corrected chi connectivity index (χ0v) is 20.0. The molecule has 36 heavy (non-hydrogen) atoms. The van der Waals surface area contributed by atoms with Crippen LogP contribution in [0.4, 0.5) is 9.18 Å². The minimum atomic E-state index is -1.24. The molecule has 4 amide bonds. The fourth-order valence-corrected chi connectivity index (χ4v) is 6.65. The Labute approximate surface area is 209 Å².